The lowest BCUT2D eigenvalue weighted by atomic mass is 10.4. The summed E-state index contributed by atoms with van der Waals surface area (Å²) < 4.78 is 41.9. The van der Waals surface area contributed by atoms with Crippen LogP contribution in [0.2, 0.25) is 0 Å². The molecule has 0 spiro atoms. The Morgan fingerprint density at radius 2 is 1.94 bits per heavy atom. The fourth-order valence-electron chi connectivity index (χ4n) is 1.57. The number of ether oxygens (including phenoxy) is 1. The van der Waals surface area contributed by atoms with E-state index in [-0.39, 0.29) is 13.1 Å². The van der Waals surface area contributed by atoms with Crippen LogP contribution in [-0.2, 0) is 4.74 Å². The van der Waals surface area contributed by atoms with Crippen molar-refractivity contribution in [1.29, 1.82) is 0 Å². The summed E-state index contributed by atoms with van der Waals surface area (Å²) in [5.41, 5.74) is 5.21. The van der Waals surface area contributed by atoms with E-state index < -0.39 is 18.8 Å². The van der Waals surface area contributed by atoms with Crippen LogP contribution in [0.4, 0.5) is 18.0 Å². The van der Waals surface area contributed by atoms with Crippen LogP contribution < -0.4 is 5.73 Å². The van der Waals surface area contributed by atoms with E-state index in [0.717, 1.165) is 4.90 Å². The van der Waals surface area contributed by atoms with Gasteiger partial charge in [-0.15, -0.1) is 0 Å². The van der Waals surface area contributed by atoms with E-state index >= 15 is 0 Å². The number of rotatable bonds is 3. The SMILES string of the molecule is NCCN(CC(F)(F)F)C(=O)N1CCOCC1. The molecule has 0 aromatic rings. The van der Waals surface area contributed by atoms with Crippen molar-refractivity contribution >= 4 is 6.03 Å². The summed E-state index contributed by atoms with van der Waals surface area (Å²) in [4.78, 5) is 13.9. The molecule has 0 aromatic carbocycles. The fraction of sp³-hybridized carbons (Fsp3) is 0.889. The number of amides is 2. The summed E-state index contributed by atoms with van der Waals surface area (Å²) in [6, 6.07) is -0.629. The lowest BCUT2D eigenvalue weighted by Gasteiger charge is -2.33. The van der Waals surface area contributed by atoms with E-state index in [9.17, 15) is 18.0 Å². The van der Waals surface area contributed by atoms with Crippen molar-refractivity contribution in [3.8, 4) is 0 Å². The first-order chi connectivity index (χ1) is 7.94. The minimum absolute atomic E-state index is 0.00611. The molecule has 1 aliphatic rings. The van der Waals surface area contributed by atoms with Crippen LogP contribution in [0.1, 0.15) is 0 Å². The Bertz CT molecular complexity index is 254. The van der Waals surface area contributed by atoms with Crippen molar-refractivity contribution < 1.29 is 22.7 Å². The molecule has 100 valence electrons. The van der Waals surface area contributed by atoms with Crippen molar-refractivity contribution in [3.05, 3.63) is 0 Å². The van der Waals surface area contributed by atoms with Gasteiger partial charge in [0.2, 0.25) is 0 Å². The monoisotopic (exact) mass is 255 g/mol. The molecule has 5 nitrogen and oxygen atoms in total. The summed E-state index contributed by atoms with van der Waals surface area (Å²) in [6.45, 7) is -0.0137. The van der Waals surface area contributed by atoms with Crippen LogP contribution in [0.3, 0.4) is 0 Å². The van der Waals surface area contributed by atoms with Gasteiger partial charge in [0.05, 0.1) is 13.2 Å². The molecular formula is C9H16F3N3O2. The van der Waals surface area contributed by atoms with Crippen LogP contribution in [-0.4, -0.2) is 67.9 Å². The standard InChI is InChI=1S/C9H16F3N3O2/c10-9(11,12)7-15(2-1-13)8(16)14-3-5-17-6-4-14/h1-7,13H2. The second kappa shape index (κ2) is 6.06. The van der Waals surface area contributed by atoms with Gasteiger partial charge in [0, 0.05) is 26.2 Å². The molecule has 0 aromatic heterocycles. The summed E-state index contributed by atoms with van der Waals surface area (Å²) in [5, 5.41) is 0. The number of hydrogen-bond donors (Lipinski definition) is 1. The topological polar surface area (TPSA) is 58.8 Å². The number of halogens is 3. The molecule has 2 amide bonds. The molecule has 1 fully saturated rings. The Morgan fingerprint density at radius 3 is 2.41 bits per heavy atom. The van der Waals surface area contributed by atoms with Crippen LogP contribution >= 0.6 is 0 Å². The Balaban J connectivity index is 2.58. The largest absolute Gasteiger partial charge is 0.406 e. The lowest BCUT2D eigenvalue weighted by Crippen LogP contribution is -2.51. The minimum Gasteiger partial charge on any atom is -0.378 e. The maximum Gasteiger partial charge on any atom is 0.406 e. The summed E-state index contributed by atoms with van der Waals surface area (Å²) >= 11 is 0. The van der Waals surface area contributed by atoms with Gasteiger partial charge < -0.3 is 20.3 Å². The number of nitrogens with two attached hydrogens (primary N) is 1. The Labute approximate surface area is 97.3 Å². The number of hydrogen-bond acceptors (Lipinski definition) is 3. The summed E-state index contributed by atoms with van der Waals surface area (Å²) in [5.74, 6) is 0. The fourth-order valence-corrected chi connectivity index (χ4v) is 1.57. The number of carbonyl (C=O) groups excluding carboxylic acids is 1. The number of morpholine rings is 1. The molecule has 2 N–H and O–H groups in total. The van der Waals surface area contributed by atoms with Crippen LogP contribution in [0.5, 0.6) is 0 Å². The van der Waals surface area contributed by atoms with Crippen molar-refractivity contribution in [1.82, 2.24) is 9.80 Å². The summed E-state index contributed by atoms with van der Waals surface area (Å²) in [6.07, 6.45) is -4.41. The van der Waals surface area contributed by atoms with Gasteiger partial charge in [-0.25, -0.2) is 4.79 Å². The highest BCUT2D eigenvalue weighted by Crippen LogP contribution is 2.17. The third-order valence-corrected chi connectivity index (χ3v) is 2.32. The van der Waals surface area contributed by atoms with Gasteiger partial charge in [-0.3, -0.25) is 0 Å². The third-order valence-electron chi connectivity index (χ3n) is 2.32. The van der Waals surface area contributed by atoms with E-state index in [1.54, 1.807) is 0 Å². The first-order valence-electron chi connectivity index (χ1n) is 5.32. The highest BCUT2D eigenvalue weighted by Gasteiger charge is 2.34. The first-order valence-corrected chi connectivity index (χ1v) is 5.32. The molecule has 0 atom stereocenters. The van der Waals surface area contributed by atoms with Crippen molar-refractivity contribution in [2.24, 2.45) is 5.73 Å². The van der Waals surface area contributed by atoms with Crippen molar-refractivity contribution in [2.75, 3.05) is 45.9 Å². The van der Waals surface area contributed by atoms with Crippen molar-refractivity contribution in [2.45, 2.75) is 6.18 Å². The van der Waals surface area contributed by atoms with Crippen LogP contribution in [0.25, 0.3) is 0 Å². The minimum atomic E-state index is -4.41. The summed E-state index contributed by atoms with van der Waals surface area (Å²) in [7, 11) is 0. The smallest absolute Gasteiger partial charge is 0.378 e. The number of alkyl halides is 3. The molecule has 0 aliphatic carbocycles. The molecule has 0 bridgehead atoms. The van der Waals surface area contributed by atoms with Gasteiger partial charge in [-0.05, 0) is 0 Å². The quantitative estimate of drug-likeness (QED) is 0.787. The average Bonchev–Trinajstić information content (AvgIpc) is 2.27. The Morgan fingerprint density at radius 1 is 1.35 bits per heavy atom. The Kier molecular flexibility index (Phi) is 5.01. The molecule has 1 aliphatic heterocycles. The molecule has 8 heteroatoms. The zero-order valence-corrected chi connectivity index (χ0v) is 9.37. The average molecular weight is 255 g/mol. The first kappa shape index (κ1) is 14.0. The predicted molar refractivity (Wildman–Crippen MR) is 54.5 cm³/mol. The van der Waals surface area contributed by atoms with E-state index in [1.165, 1.54) is 4.90 Å². The van der Waals surface area contributed by atoms with Gasteiger partial charge in [-0.1, -0.05) is 0 Å². The van der Waals surface area contributed by atoms with Crippen LogP contribution in [0, 0.1) is 0 Å². The Hall–Kier alpha value is -1.02. The lowest BCUT2D eigenvalue weighted by molar-refractivity contribution is -0.141. The normalized spacial score (nSPS) is 17.1. The number of urea groups is 1. The highest BCUT2D eigenvalue weighted by molar-refractivity contribution is 5.74. The molecule has 0 radical (unpaired) electrons. The number of nitrogens with zero attached hydrogens (tertiary/aromatic N) is 2. The van der Waals surface area contributed by atoms with Gasteiger partial charge in [0.25, 0.3) is 0 Å². The van der Waals surface area contributed by atoms with E-state index in [1.807, 2.05) is 0 Å². The molecular weight excluding hydrogens is 239 g/mol. The van der Waals surface area contributed by atoms with E-state index in [0.29, 0.717) is 26.3 Å². The van der Waals surface area contributed by atoms with Crippen LogP contribution in [0.15, 0.2) is 0 Å². The second-order valence-electron chi connectivity index (χ2n) is 3.71. The molecule has 17 heavy (non-hydrogen) atoms. The maximum atomic E-state index is 12.3. The zero-order chi connectivity index (χ0) is 12.9. The molecule has 0 unspecified atom stereocenters. The van der Waals surface area contributed by atoms with Gasteiger partial charge in [0.1, 0.15) is 6.54 Å². The highest BCUT2D eigenvalue weighted by atomic mass is 19.4. The predicted octanol–water partition coefficient (Wildman–Crippen LogP) is 0.262. The van der Waals surface area contributed by atoms with E-state index in [4.69, 9.17) is 10.5 Å². The number of carbonyl (C=O) groups is 1. The molecule has 0 saturated carbocycles. The molecule has 1 heterocycles. The maximum absolute atomic E-state index is 12.3. The van der Waals surface area contributed by atoms with Gasteiger partial charge >= 0.3 is 12.2 Å². The third kappa shape index (κ3) is 4.78. The van der Waals surface area contributed by atoms with Crippen molar-refractivity contribution in [3.63, 3.8) is 0 Å². The zero-order valence-electron chi connectivity index (χ0n) is 9.37. The molecule has 1 rings (SSSR count). The second-order valence-corrected chi connectivity index (χ2v) is 3.71. The van der Waals surface area contributed by atoms with Gasteiger partial charge in [-0.2, -0.15) is 13.2 Å². The molecule has 1 saturated heterocycles. The van der Waals surface area contributed by atoms with Gasteiger partial charge in [0.15, 0.2) is 0 Å². The van der Waals surface area contributed by atoms with E-state index in [2.05, 4.69) is 0 Å².